The van der Waals surface area contributed by atoms with Gasteiger partial charge in [0.15, 0.2) is 22.9 Å². The van der Waals surface area contributed by atoms with Gasteiger partial charge < -0.3 is 20.3 Å². The van der Waals surface area contributed by atoms with Crippen LogP contribution in [0.5, 0.6) is 0 Å². The Bertz CT molecular complexity index is 1610. The van der Waals surface area contributed by atoms with Crippen LogP contribution in [0.4, 0.5) is 5.82 Å². The number of hydrogen-bond acceptors (Lipinski definition) is 9. The minimum atomic E-state index is -3.19. The molecule has 12 nitrogen and oxygen atoms in total. The molecule has 3 aromatic heterocycles. The molecule has 0 bridgehead atoms. The molecule has 0 spiro atoms. The van der Waals surface area contributed by atoms with Gasteiger partial charge in [-0.15, -0.1) is 0 Å². The van der Waals surface area contributed by atoms with Crippen LogP contribution < -0.4 is 10.6 Å². The highest BCUT2D eigenvalue weighted by Gasteiger charge is 2.27. The minimum absolute atomic E-state index is 0.0913. The molecule has 1 aliphatic heterocycles. The number of H-pyrrole nitrogens is 1. The molecule has 0 saturated carbocycles. The molecule has 5 rings (SSSR count). The van der Waals surface area contributed by atoms with Gasteiger partial charge in [-0.2, -0.15) is 5.10 Å². The summed E-state index contributed by atoms with van der Waals surface area (Å²) in [5, 5.41) is 28.5. The second kappa shape index (κ2) is 10.6. The van der Waals surface area contributed by atoms with Crippen LogP contribution in [0.1, 0.15) is 61.5 Å². The van der Waals surface area contributed by atoms with Gasteiger partial charge in [-0.1, -0.05) is 29.4 Å². The number of anilines is 1. The van der Waals surface area contributed by atoms with Gasteiger partial charge in [0, 0.05) is 31.4 Å². The SMILES string of the molecule is C[C@@H](NC(=O)c1cc(C(C)(C)O)on1)c1ccc(-c2ccnc3[nH]nc(NC4CCN(S(C)(=O)=O)CC4)c23)cc1. The van der Waals surface area contributed by atoms with Crippen molar-refractivity contribution >= 4 is 32.8 Å². The first-order chi connectivity index (χ1) is 18.9. The number of benzene rings is 1. The van der Waals surface area contributed by atoms with Crippen molar-refractivity contribution in [1.29, 1.82) is 0 Å². The summed E-state index contributed by atoms with van der Waals surface area (Å²) in [6, 6.07) is 11.0. The van der Waals surface area contributed by atoms with Gasteiger partial charge >= 0.3 is 0 Å². The lowest BCUT2D eigenvalue weighted by Crippen LogP contribution is -2.41. The van der Waals surface area contributed by atoms with E-state index in [0.29, 0.717) is 37.4 Å². The van der Waals surface area contributed by atoms with Gasteiger partial charge in [0.2, 0.25) is 10.0 Å². The summed E-state index contributed by atoms with van der Waals surface area (Å²) < 4.78 is 30.3. The third-order valence-electron chi connectivity index (χ3n) is 7.14. The monoisotopic (exact) mass is 567 g/mol. The fourth-order valence-corrected chi connectivity index (χ4v) is 5.67. The third-order valence-corrected chi connectivity index (χ3v) is 8.44. The van der Waals surface area contributed by atoms with Gasteiger partial charge in [0.05, 0.1) is 17.7 Å². The topological polar surface area (TPSA) is 166 Å². The maximum Gasteiger partial charge on any atom is 0.273 e. The predicted octanol–water partition coefficient (Wildman–Crippen LogP) is 3.17. The van der Waals surface area contributed by atoms with Crippen molar-refractivity contribution in [3.8, 4) is 11.1 Å². The molecule has 1 amide bonds. The number of nitrogens with zero attached hydrogens (tertiary/aromatic N) is 4. The van der Waals surface area contributed by atoms with Crippen LogP contribution in [-0.2, 0) is 15.6 Å². The summed E-state index contributed by atoms with van der Waals surface area (Å²) >= 11 is 0. The van der Waals surface area contributed by atoms with E-state index in [1.54, 1.807) is 20.0 Å². The first-order valence-electron chi connectivity index (χ1n) is 13.1. The number of aromatic amines is 1. The van der Waals surface area contributed by atoms with Crippen molar-refractivity contribution in [2.75, 3.05) is 24.7 Å². The Kier molecular flexibility index (Phi) is 7.38. The Morgan fingerprint density at radius 1 is 1.20 bits per heavy atom. The van der Waals surface area contributed by atoms with Crippen molar-refractivity contribution in [2.24, 2.45) is 0 Å². The summed E-state index contributed by atoms with van der Waals surface area (Å²) in [6.45, 7) is 5.93. The maximum absolute atomic E-state index is 12.7. The average molecular weight is 568 g/mol. The van der Waals surface area contributed by atoms with Gasteiger partial charge in [-0.3, -0.25) is 9.89 Å². The van der Waals surface area contributed by atoms with Gasteiger partial charge in [0.1, 0.15) is 5.60 Å². The number of fused-ring (bicyclic) bond motifs is 1. The highest BCUT2D eigenvalue weighted by atomic mass is 32.2. The quantitative estimate of drug-likeness (QED) is 0.250. The molecule has 4 N–H and O–H groups in total. The number of rotatable bonds is 8. The molecule has 40 heavy (non-hydrogen) atoms. The summed E-state index contributed by atoms with van der Waals surface area (Å²) in [5.74, 6) is 0.493. The van der Waals surface area contributed by atoms with Crippen LogP contribution in [0.3, 0.4) is 0 Å². The van der Waals surface area contributed by atoms with E-state index in [1.165, 1.54) is 16.6 Å². The number of carbonyl (C=O) groups is 1. The second-order valence-corrected chi connectivity index (χ2v) is 12.7. The number of nitrogens with one attached hydrogen (secondary N) is 3. The molecule has 1 aromatic carbocycles. The standard InChI is InChI=1S/C27H33N7O5S/c1-16(29-26(35)21-15-22(39-33-21)27(2,3)36)17-5-7-18(8-6-17)20-9-12-28-24-23(20)25(32-31-24)30-19-10-13-34(14-11-19)40(4,37)38/h5-9,12,15-16,19,36H,10-11,13-14H2,1-4H3,(H,29,35)(H2,28,30,31,32)/t16-/m1/s1. The molecular weight excluding hydrogens is 534 g/mol. The van der Waals surface area contributed by atoms with E-state index < -0.39 is 21.5 Å². The first-order valence-corrected chi connectivity index (χ1v) is 14.9. The summed E-state index contributed by atoms with van der Waals surface area (Å²) in [7, 11) is -3.19. The molecule has 0 aliphatic carbocycles. The Labute approximate surface area is 232 Å². The lowest BCUT2D eigenvalue weighted by atomic mass is 9.99. The Hall–Kier alpha value is -3.81. The fraction of sp³-hybridized carbons (Fsp3) is 0.407. The van der Waals surface area contributed by atoms with Gasteiger partial charge in [-0.05, 0) is 56.4 Å². The number of pyridine rings is 1. The molecule has 1 aliphatic rings. The molecule has 212 valence electrons. The van der Waals surface area contributed by atoms with Crippen molar-refractivity contribution in [1.82, 2.24) is 30.0 Å². The van der Waals surface area contributed by atoms with Crippen molar-refractivity contribution in [2.45, 2.75) is 51.3 Å². The number of sulfonamides is 1. The first kappa shape index (κ1) is 27.7. The van der Waals surface area contributed by atoms with E-state index in [1.807, 2.05) is 37.3 Å². The van der Waals surface area contributed by atoms with Crippen molar-refractivity contribution in [3.63, 3.8) is 0 Å². The van der Waals surface area contributed by atoms with Crippen LogP contribution >= 0.6 is 0 Å². The zero-order valence-electron chi connectivity index (χ0n) is 22.8. The number of carbonyl (C=O) groups excluding carboxylic acids is 1. The number of aliphatic hydroxyl groups is 1. The van der Waals surface area contributed by atoms with E-state index in [9.17, 15) is 18.3 Å². The van der Waals surface area contributed by atoms with E-state index in [0.717, 1.165) is 22.1 Å². The molecule has 0 unspecified atom stereocenters. The van der Waals surface area contributed by atoms with Crippen molar-refractivity contribution in [3.05, 3.63) is 59.6 Å². The van der Waals surface area contributed by atoms with E-state index in [2.05, 4.69) is 31.0 Å². The van der Waals surface area contributed by atoms with Crippen LogP contribution in [0.15, 0.2) is 47.1 Å². The second-order valence-electron chi connectivity index (χ2n) is 10.7. The van der Waals surface area contributed by atoms with E-state index in [-0.39, 0.29) is 23.5 Å². The third kappa shape index (κ3) is 5.86. The zero-order valence-corrected chi connectivity index (χ0v) is 23.6. The Morgan fingerprint density at radius 2 is 1.90 bits per heavy atom. The molecule has 13 heteroatoms. The maximum atomic E-state index is 12.7. The molecule has 1 fully saturated rings. The molecule has 4 aromatic rings. The number of amides is 1. The van der Waals surface area contributed by atoms with Crippen LogP contribution in [0.25, 0.3) is 22.2 Å². The number of piperidine rings is 1. The van der Waals surface area contributed by atoms with Crippen LogP contribution in [0.2, 0.25) is 0 Å². The minimum Gasteiger partial charge on any atom is -0.382 e. The highest BCUT2D eigenvalue weighted by molar-refractivity contribution is 7.88. The van der Waals surface area contributed by atoms with E-state index >= 15 is 0 Å². The molecule has 4 heterocycles. The molecule has 1 atom stereocenters. The van der Waals surface area contributed by atoms with Gasteiger partial charge in [0.25, 0.3) is 5.91 Å². The largest absolute Gasteiger partial charge is 0.382 e. The number of hydrogen-bond donors (Lipinski definition) is 4. The molecule has 1 saturated heterocycles. The number of aromatic nitrogens is 4. The Balaban J connectivity index is 1.30. The fourth-order valence-electron chi connectivity index (χ4n) is 4.80. The van der Waals surface area contributed by atoms with E-state index in [4.69, 9.17) is 4.52 Å². The summed E-state index contributed by atoms with van der Waals surface area (Å²) in [6.07, 6.45) is 4.33. The summed E-state index contributed by atoms with van der Waals surface area (Å²) in [4.78, 5) is 17.1. The lowest BCUT2D eigenvalue weighted by Gasteiger charge is -2.30. The summed E-state index contributed by atoms with van der Waals surface area (Å²) in [5.41, 5.74) is 2.32. The normalized spacial score (nSPS) is 16.2. The lowest BCUT2D eigenvalue weighted by molar-refractivity contribution is 0.0474. The zero-order chi connectivity index (χ0) is 28.7. The molecular formula is C27H33N7O5S. The predicted molar refractivity (Wildman–Crippen MR) is 150 cm³/mol. The highest BCUT2D eigenvalue weighted by Crippen LogP contribution is 2.33. The van der Waals surface area contributed by atoms with Crippen LogP contribution in [-0.4, -0.2) is 69.5 Å². The smallest absolute Gasteiger partial charge is 0.273 e. The van der Waals surface area contributed by atoms with Crippen LogP contribution in [0, 0.1) is 0 Å². The molecule has 0 radical (unpaired) electrons. The van der Waals surface area contributed by atoms with Gasteiger partial charge in [-0.25, -0.2) is 17.7 Å². The van der Waals surface area contributed by atoms with Crippen molar-refractivity contribution < 1.29 is 22.8 Å². The average Bonchev–Trinajstić information content (AvgIpc) is 3.57. The Morgan fingerprint density at radius 3 is 2.52 bits per heavy atom.